The monoisotopic (exact) mass is 290 g/mol. The Labute approximate surface area is 119 Å². The minimum absolute atomic E-state index is 0.0776. The molecule has 0 atom stereocenters. The third kappa shape index (κ3) is 2.87. The van der Waals surface area contributed by atoms with Crippen LogP contribution in [0.4, 0.5) is 15.8 Å². The van der Waals surface area contributed by atoms with Gasteiger partial charge in [-0.3, -0.25) is 0 Å². The lowest BCUT2D eigenvalue weighted by Gasteiger charge is -2.10. The molecule has 6 heteroatoms. The fourth-order valence-corrected chi connectivity index (χ4v) is 1.78. The largest absolute Gasteiger partial charge is 0.478 e. The van der Waals surface area contributed by atoms with Gasteiger partial charge < -0.3 is 10.4 Å². The Bertz CT molecular complexity index is 726. The van der Waals surface area contributed by atoms with E-state index in [0.29, 0.717) is 10.7 Å². The first-order valence-corrected chi connectivity index (χ1v) is 5.88. The van der Waals surface area contributed by atoms with Crippen LogP contribution in [0.5, 0.6) is 0 Å². The molecule has 0 aromatic heterocycles. The van der Waals surface area contributed by atoms with Gasteiger partial charge in [-0.15, -0.1) is 0 Å². The molecule has 2 rings (SSSR count). The van der Waals surface area contributed by atoms with Crippen LogP contribution < -0.4 is 5.32 Å². The van der Waals surface area contributed by atoms with Crippen LogP contribution in [-0.2, 0) is 0 Å². The van der Waals surface area contributed by atoms with E-state index in [1.807, 2.05) is 6.07 Å². The number of nitrogens with one attached hydrogen (secondary N) is 1. The highest BCUT2D eigenvalue weighted by atomic mass is 35.5. The van der Waals surface area contributed by atoms with Gasteiger partial charge in [-0.2, -0.15) is 5.26 Å². The van der Waals surface area contributed by atoms with Crippen molar-refractivity contribution in [3.05, 3.63) is 58.4 Å². The van der Waals surface area contributed by atoms with Crippen LogP contribution in [-0.4, -0.2) is 11.1 Å². The van der Waals surface area contributed by atoms with Gasteiger partial charge in [-0.05, 0) is 36.4 Å². The van der Waals surface area contributed by atoms with Crippen LogP contribution in [0, 0.1) is 17.1 Å². The maximum Gasteiger partial charge on any atom is 0.335 e. The molecule has 4 nitrogen and oxygen atoms in total. The van der Waals surface area contributed by atoms with E-state index in [9.17, 15) is 9.18 Å². The summed E-state index contributed by atoms with van der Waals surface area (Å²) in [6.45, 7) is 0. The first-order valence-electron chi connectivity index (χ1n) is 5.51. The highest BCUT2D eigenvalue weighted by Gasteiger charge is 2.10. The number of carboxylic acid groups (broad SMARTS) is 1. The summed E-state index contributed by atoms with van der Waals surface area (Å²) in [7, 11) is 0. The summed E-state index contributed by atoms with van der Waals surface area (Å²) in [5.41, 5.74) is 0.580. The van der Waals surface area contributed by atoms with Crippen molar-refractivity contribution in [2.24, 2.45) is 0 Å². The normalized spacial score (nSPS) is 9.85. The molecule has 2 N–H and O–H groups in total. The van der Waals surface area contributed by atoms with Crippen molar-refractivity contribution < 1.29 is 14.3 Å². The number of nitriles is 1. The minimum Gasteiger partial charge on any atom is -0.478 e. The van der Waals surface area contributed by atoms with E-state index in [-0.39, 0.29) is 16.8 Å². The molecule has 0 saturated carbocycles. The van der Waals surface area contributed by atoms with Crippen LogP contribution in [0.1, 0.15) is 15.9 Å². The molecule has 0 fully saturated rings. The van der Waals surface area contributed by atoms with Gasteiger partial charge in [0.1, 0.15) is 11.9 Å². The number of aromatic carboxylic acids is 1. The summed E-state index contributed by atoms with van der Waals surface area (Å²) in [5.74, 6) is -1.93. The molecule has 2 aromatic carbocycles. The third-order valence-electron chi connectivity index (χ3n) is 2.59. The fraction of sp³-hybridized carbons (Fsp3) is 0. The van der Waals surface area contributed by atoms with Crippen LogP contribution in [0.25, 0.3) is 0 Å². The molecule has 0 amide bonds. The molecule has 0 unspecified atom stereocenters. The quantitative estimate of drug-likeness (QED) is 0.902. The van der Waals surface area contributed by atoms with Crippen molar-refractivity contribution in [3.8, 4) is 6.07 Å². The van der Waals surface area contributed by atoms with Gasteiger partial charge in [0.15, 0.2) is 0 Å². The van der Waals surface area contributed by atoms with E-state index in [0.717, 1.165) is 6.07 Å². The van der Waals surface area contributed by atoms with Gasteiger partial charge in [0.2, 0.25) is 0 Å². The Kier molecular flexibility index (Phi) is 3.87. The van der Waals surface area contributed by atoms with Gasteiger partial charge in [-0.25, -0.2) is 9.18 Å². The molecule has 0 aliphatic carbocycles. The molecule has 100 valence electrons. The summed E-state index contributed by atoms with van der Waals surface area (Å²) in [6.07, 6.45) is 0. The lowest BCUT2D eigenvalue weighted by atomic mass is 10.1. The van der Waals surface area contributed by atoms with Gasteiger partial charge in [0.25, 0.3) is 0 Å². The van der Waals surface area contributed by atoms with E-state index in [1.165, 1.54) is 18.2 Å². The Morgan fingerprint density at radius 2 is 1.95 bits per heavy atom. The van der Waals surface area contributed by atoms with Gasteiger partial charge >= 0.3 is 5.97 Å². The van der Waals surface area contributed by atoms with E-state index in [2.05, 4.69) is 5.32 Å². The Hall–Kier alpha value is -2.58. The minimum atomic E-state index is -1.21. The average molecular weight is 291 g/mol. The van der Waals surface area contributed by atoms with Crippen molar-refractivity contribution in [2.75, 3.05) is 5.32 Å². The molecule has 0 aliphatic rings. The van der Waals surface area contributed by atoms with E-state index >= 15 is 0 Å². The number of carbonyl (C=O) groups is 1. The molecule has 0 radical (unpaired) electrons. The Morgan fingerprint density at radius 3 is 2.55 bits per heavy atom. The number of rotatable bonds is 3. The summed E-state index contributed by atoms with van der Waals surface area (Å²) in [6, 6.07) is 9.99. The fourth-order valence-electron chi connectivity index (χ4n) is 1.61. The zero-order valence-electron chi connectivity index (χ0n) is 10.0. The second-order valence-electron chi connectivity index (χ2n) is 3.93. The predicted octanol–water partition coefficient (Wildman–Crippen LogP) is 3.79. The second-order valence-corrected chi connectivity index (χ2v) is 4.36. The zero-order valence-corrected chi connectivity index (χ0v) is 10.8. The topological polar surface area (TPSA) is 73.1 Å². The summed E-state index contributed by atoms with van der Waals surface area (Å²) < 4.78 is 13.8. The van der Waals surface area contributed by atoms with Crippen molar-refractivity contribution in [1.82, 2.24) is 0 Å². The molecule has 0 aliphatic heterocycles. The molecule has 0 heterocycles. The smallest absolute Gasteiger partial charge is 0.335 e. The SMILES string of the molecule is N#Cc1cc(Cl)ccc1Nc1ccc(C(=O)O)cc1F. The highest BCUT2D eigenvalue weighted by molar-refractivity contribution is 6.30. The number of carboxylic acids is 1. The third-order valence-corrected chi connectivity index (χ3v) is 2.82. The predicted molar refractivity (Wildman–Crippen MR) is 72.8 cm³/mol. The number of halogens is 2. The van der Waals surface area contributed by atoms with Crippen LogP contribution in [0.15, 0.2) is 36.4 Å². The molecule has 0 spiro atoms. The van der Waals surface area contributed by atoms with Crippen LogP contribution in [0.2, 0.25) is 5.02 Å². The van der Waals surface area contributed by atoms with Crippen LogP contribution >= 0.6 is 11.6 Å². The van der Waals surface area contributed by atoms with Crippen molar-refractivity contribution >= 4 is 28.9 Å². The van der Waals surface area contributed by atoms with Gasteiger partial charge in [-0.1, -0.05) is 11.6 Å². The first-order chi connectivity index (χ1) is 9.51. The van der Waals surface area contributed by atoms with Crippen molar-refractivity contribution in [1.29, 1.82) is 5.26 Å². The van der Waals surface area contributed by atoms with E-state index < -0.39 is 11.8 Å². The zero-order chi connectivity index (χ0) is 14.7. The highest BCUT2D eigenvalue weighted by Crippen LogP contribution is 2.25. The molecule has 0 saturated heterocycles. The van der Waals surface area contributed by atoms with Gasteiger partial charge in [0, 0.05) is 5.02 Å². The second kappa shape index (κ2) is 5.59. The number of hydrogen-bond acceptors (Lipinski definition) is 3. The van der Waals surface area contributed by atoms with E-state index in [1.54, 1.807) is 12.1 Å². The van der Waals surface area contributed by atoms with E-state index in [4.69, 9.17) is 22.0 Å². The number of hydrogen-bond donors (Lipinski definition) is 2. The number of nitrogens with zero attached hydrogens (tertiary/aromatic N) is 1. The number of benzene rings is 2. The summed E-state index contributed by atoms with van der Waals surface area (Å²) in [5, 5.41) is 20.9. The lowest BCUT2D eigenvalue weighted by molar-refractivity contribution is 0.0696. The first kappa shape index (κ1) is 13.8. The maximum atomic E-state index is 13.8. The Balaban J connectivity index is 2.36. The summed E-state index contributed by atoms with van der Waals surface area (Å²) in [4.78, 5) is 10.7. The molecule has 0 bridgehead atoms. The molecule has 2 aromatic rings. The Morgan fingerprint density at radius 1 is 1.25 bits per heavy atom. The average Bonchev–Trinajstić information content (AvgIpc) is 2.42. The van der Waals surface area contributed by atoms with Crippen molar-refractivity contribution in [2.45, 2.75) is 0 Å². The van der Waals surface area contributed by atoms with Crippen molar-refractivity contribution in [3.63, 3.8) is 0 Å². The summed E-state index contributed by atoms with van der Waals surface area (Å²) >= 11 is 5.77. The maximum absolute atomic E-state index is 13.8. The standard InChI is InChI=1S/C14H8ClFN2O2/c15-10-2-4-12(9(5-10)7-17)18-13-3-1-8(14(19)20)6-11(13)16/h1-6,18H,(H,19,20). The number of anilines is 2. The molecule has 20 heavy (non-hydrogen) atoms. The lowest BCUT2D eigenvalue weighted by Crippen LogP contribution is -2.00. The molecular formula is C14H8ClFN2O2. The van der Waals surface area contributed by atoms with Crippen LogP contribution in [0.3, 0.4) is 0 Å². The van der Waals surface area contributed by atoms with Gasteiger partial charge in [0.05, 0.1) is 22.5 Å². The molecular weight excluding hydrogens is 283 g/mol.